The van der Waals surface area contributed by atoms with Crippen molar-refractivity contribution >= 4 is 5.91 Å². The Labute approximate surface area is 133 Å². The van der Waals surface area contributed by atoms with E-state index >= 15 is 0 Å². The molecule has 2 heteroatoms. The van der Waals surface area contributed by atoms with Crippen molar-refractivity contribution in [2.75, 3.05) is 13.1 Å². The summed E-state index contributed by atoms with van der Waals surface area (Å²) in [4.78, 5) is 15.0. The van der Waals surface area contributed by atoms with Gasteiger partial charge in [-0.15, -0.1) is 0 Å². The summed E-state index contributed by atoms with van der Waals surface area (Å²) in [6.45, 7) is 1.97. The second-order valence-corrected chi connectivity index (χ2v) is 7.54. The van der Waals surface area contributed by atoms with Crippen LogP contribution in [0, 0.1) is 11.8 Å². The molecule has 0 aromatic heterocycles. The summed E-state index contributed by atoms with van der Waals surface area (Å²) >= 11 is 0. The van der Waals surface area contributed by atoms with Gasteiger partial charge in [0.25, 0.3) is 5.91 Å². The Bertz CT molecular complexity index is 565. The molecule has 1 aromatic carbocycles. The van der Waals surface area contributed by atoms with E-state index in [1.807, 2.05) is 0 Å². The van der Waals surface area contributed by atoms with Crippen LogP contribution in [0.5, 0.6) is 0 Å². The number of carbonyl (C=O) groups excluding carboxylic acids is 1. The van der Waals surface area contributed by atoms with Crippen molar-refractivity contribution in [1.29, 1.82) is 0 Å². The van der Waals surface area contributed by atoms with E-state index in [2.05, 4.69) is 23.1 Å². The molecule has 0 unspecified atom stereocenters. The van der Waals surface area contributed by atoms with E-state index in [4.69, 9.17) is 0 Å². The lowest BCUT2D eigenvalue weighted by molar-refractivity contribution is 0.0521. The number of hydrogen-bond donors (Lipinski definition) is 0. The van der Waals surface area contributed by atoms with E-state index in [0.29, 0.717) is 0 Å². The summed E-state index contributed by atoms with van der Waals surface area (Å²) in [7, 11) is 0. The minimum absolute atomic E-state index is 0.275. The van der Waals surface area contributed by atoms with E-state index in [1.165, 1.54) is 62.5 Å². The first-order valence-corrected chi connectivity index (χ1v) is 9.22. The fourth-order valence-electron chi connectivity index (χ4n) is 4.83. The van der Waals surface area contributed by atoms with E-state index in [0.717, 1.165) is 36.9 Å². The normalized spacial score (nSPS) is 27.9. The zero-order valence-corrected chi connectivity index (χ0v) is 13.5. The lowest BCUT2D eigenvalue weighted by Crippen LogP contribution is -2.44. The first-order valence-electron chi connectivity index (χ1n) is 9.22. The largest absolute Gasteiger partial charge is 0.338 e. The maximum Gasteiger partial charge on any atom is 0.253 e. The topological polar surface area (TPSA) is 20.3 Å². The van der Waals surface area contributed by atoms with Crippen molar-refractivity contribution < 1.29 is 4.79 Å². The molecule has 2 fully saturated rings. The Kier molecular flexibility index (Phi) is 3.94. The quantitative estimate of drug-likeness (QED) is 0.760. The molecular weight excluding hydrogens is 270 g/mol. The first kappa shape index (κ1) is 14.3. The summed E-state index contributed by atoms with van der Waals surface area (Å²) in [5, 5.41) is 0. The summed E-state index contributed by atoms with van der Waals surface area (Å²) in [6.07, 6.45) is 11.6. The van der Waals surface area contributed by atoms with Gasteiger partial charge in [0.05, 0.1) is 0 Å². The third-order valence-electron chi connectivity index (χ3n) is 6.17. The minimum Gasteiger partial charge on any atom is -0.338 e. The Balaban J connectivity index is 1.49. The molecule has 0 bridgehead atoms. The minimum atomic E-state index is 0.275. The van der Waals surface area contributed by atoms with Crippen LogP contribution in [0.25, 0.3) is 0 Å². The number of likely N-dealkylation sites (tertiary alicyclic amines) is 1. The Morgan fingerprint density at radius 1 is 0.909 bits per heavy atom. The van der Waals surface area contributed by atoms with Crippen LogP contribution in [0.3, 0.4) is 0 Å². The highest BCUT2D eigenvalue weighted by atomic mass is 16.2. The molecule has 4 rings (SSSR count). The fraction of sp³-hybridized carbons (Fsp3) is 0.650. The van der Waals surface area contributed by atoms with Crippen molar-refractivity contribution in [1.82, 2.24) is 4.90 Å². The Hall–Kier alpha value is -1.31. The summed E-state index contributed by atoms with van der Waals surface area (Å²) < 4.78 is 0. The van der Waals surface area contributed by atoms with Gasteiger partial charge in [-0.1, -0.05) is 25.3 Å². The van der Waals surface area contributed by atoms with Gasteiger partial charge in [-0.2, -0.15) is 0 Å². The molecule has 1 aliphatic heterocycles. The molecule has 0 radical (unpaired) electrons. The third kappa shape index (κ3) is 2.68. The predicted molar refractivity (Wildman–Crippen MR) is 89.1 cm³/mol. The highest BCUT2D eigenvalue weighted by Crippen LogP contribution is 2.36. The number of carbonyl (C=O) groups is 1. The maximum absolute atomic E-state index is 12.9. The van der Waals surface area contributed by atoms with E-state index < -0.39 is 0 Å². The van der Waals surface area contributed by atoms with Crippen LogP contribution < -0.4 is 0 Å². The maximum atomic E-state index is 12.9. The van der Waals surface area contributed by atoms with Gasteiger partial charge in [-0.25, -0.2) is 0 Å². The molecule has 1 amide bonds. The third-order valence-corrected chi connectivity index (χ3v) is 6.17. The number of fused-ring (bicyclic) bond motifs is 2. The highest BCUT2D eigenvalue weighted by Gasteiger charge is 2.33. The molecule has 1 heterocycles. The number of nitrogens with zero attached hydrogens (tertiary/aromatic N) is 1. The molecule has 3 aliphatic rings. The number of benzene rings is 1. The second-order valence-electron chi connectivity index (χ2n) is 7.54. The second kappa shape index (κ2) is 6.06. The standard InChI is InChI=1S/C20H27NO/c22-20(18-10-9-15-5-1-3-7-17(15)13-18)21-12-11-16-6-2-4-8-19(16)14-21/h9-10,13,16,19H,1-8,11-12,14H2/t16-,19+/m1/s1. The molecule has 2 nitrogen and oxygen atoms in total. The monoisotopic (exact) mass is 297 g/mol. The molecule has 0 N–H and O–H groups in total. The van der Waals surface area contributed by atoms with Gasteiger partial charge in [0, 0.05) is 18.7 Å². The number of rotatable bonds is 1. The Morgan fingerprint density at radius 3 is 2.55 bits per heavy atom. The molecule has 2 aliphatic carbocycles. The van der Waals surface area contributed by atoms with E-state index in [-0.39, 0.29) is 5.91 Å². The first-order chi connectivity index (χ1) is 10.8. The molecule has 2 atom stereocenters. The number of piperidine rings is 1. The predicted octanol–water partition coefficient (Wildman–Crippen LogP) is 4.22. The molecule has 1 saturated carbocycles. The van der Waals surface area contributed by atoms with Gasteiger partial charge in [0.15, 0.2) is 0 Å². The van der Waals surface area contributed by atoms with Crippen molar-refractivity contribution in [3.8, 4) is 0 Å². The van der Waals surface area contributed by atoms with Crippen LogP contribution in [0.15, 0.2) is 18.2 Å². The number of amides is 1. The van der Waals surface area contributed by atoms with Gasteiger partial charge in [0.2, 0.25) is 0 Å². The van der Waals surface area contributed by atoms with Gasteiger partial charge in [0.1, 0.15) is 0 Å². The number of hydrogen-bond acceptors (Lipinski definition) is 1. The van der Waals surface area contributed by atoms with Gasteiger partial charge in [-0.05, 0) is 73.6 Å². The van der Waals surface area contributed by atoms with Crippen molar-refractivity contribution in [3.63, 3.8) is 0 Å². The highest BCUT2D eigenvalue weighted by molar-refractivity contribution is 5.94. The molecule has 0 spiro atoms. The van der Waals surface area contributed by atoms with Gasteiger partial charge >= 0.3 is 0 Å². The average Bonchev–Trinajstić information content (AvgIpc) is 2.60. The van der Waals surface area contributed by atoms with Gasteiger partial charge in [-0.3, -0.25) is 4.79 Å². The van der Waals surface area contributed by atoms with Crippen LogP contribution in [0.1, 0.15) is 66.4 Å². The van der Waals surface area contributed by atoms with E-state index in [1.54, 1.807) is 0 Å². The summed E-state index contributed by atoms with van der Waals surface area (Å²) in [6, 6.07) is 6.46. The van der Waals surface area contributed by atoms with Gasteiger partial charge < -0.3 is 4.90 Å². The van der Waals surface area contributed by atoms with Crippen molar-refractivity contribution in [2.24, 2.45) is 11.8 Å². The van der Waals surface area contributed by atoms with Crippen LogP contribution in [0.4, 0.5) is 0 Å². The smallest absolute Gasteiger partial charge is 0.253 e. The molecule has 118 valence electrons. The van der Waals surface area contributed by atoms with Crippen LogP contribution in [-0.2, 0) is 12.8 Å². The lowest BCUT2D eigenvalue weighted by atomic mass is 9.75. The van der Waals surface area contributed by atoms with Crippen molar-refractivity contribution in [2.45, 2.75) is 57.8 Å². The van der Waals surface area contributed by atoms with Crippen molar-refractivity contribution in [3.05, 3.63) is 34.9 Å². The SMILES string of the molecule is O=C(c1ccc2c(c1)CCCC2)N1CC[C@H]2CCCC[C@H]2C1. The van der Waals surface area contributed by atoms with E-state index in [9.17, 15) is 4.79 Å². The lowest BCUT2D eigenvalue weighted by Gasteiger charge is -2.41. The van der Waals surface area contributed by atoms with Crippen LogP contribution >= 0.6 is 0 Å². The van der Waals surface area contributed by atoms with Crippen LogP contribution in [-0.4, -0.2) is 23.9 Å². The fourth-order valence-corrected chi connectivity index (χ4v) is 4.83. The average molecular weight is 297 g/mol. The zero-order chi connectivity index (χ0) is 14.9. The Morgan fingerprint density at radius 2 is 1.68 bits per heavy atom. The molecule has 1 aromatic rings. The van der Waals surface area contributed by atoms with Crippen LogP contribution in [0.2, 0.25) is 0 Å². The zero-order valence-electron chi connectivity index (χ0n) is 13.5. The summed E-state index contributed by atoms with van der Waals surface area (Å²) in [5.41, 5.74) is 3.81. The number of aryl methyl sites for hydroxylation is 2. The molecule has 22 heavy (non-hydrogen) atoms. The molecule has 1 saturated heterocycles. The molecular formula is C20H27NO. The summed E-state index contributed by atoms with van der Waals surface area (Å²) in [5.74, 6) is 1.93.